The average Bonchev–Trinajstić information content (AvgIpc) is 2.50. The fraction of sp³-hybridized carbons (Fsp3) is 0.235. The molecule has 2 aromatic carbocycles. The van der Waals surface area contributed by atoms with Crippen molar-refractivity contribution in [2.24, 2.45) is 0 Å². The van der Waals surface area contributed by atoms with Crippen molar-refractivity contribution in [2.75, 3.05) is 14.2 Å². The summed E-state index contributed by atoms with van der Waals surface area (Å²) in [7, 11) is 3.16. The van der Waals surface area contributed by atoms with Crippen LogP contribution in [-0.4, -0.2) is 25.3 Å². The van der Waals surface area contributed by atoms with Gasteiger partial charge in [0, 0.05) is 17.5 Å². The van der Waals surface area contributed by atoms with Gasteiger partial charge in [0.05, 0.1) is 14.2 Å². The summed E-state index contributed by atoms with van der Waals surface area (Å²) in [5.74, 6) is 0.318. The molecule has 2 aromatic rings. The topological polar surface area (TPSA) is 55.8 Å². The Morgan fingerprint density at radius 2 is 1.76 bits per heavy atom. The summed E-state index contributed by atoms with van der Waals surface area (Å²) < 4.78 is 10.8. The van der Waals surface area contributed by atoms with Crippen LogP contribution in [-0.2, 0) is 12.8 Å². The summed E-state index contributed by atoms with van der Waals surface area (Å²) in [6.45, 7) is 0. The highest BCUT2D eigenvalue weighted by molar-refractivity contribution is 5.92. The minimum Gasteiger partial charge on any atom is -0.496 e. The van der Waals surface area contributed by atoms with Crippen molar-refractivity contribution in [1.82, 2.24) is 0 Å². The lowest BCUT2D eigenvalue weighted by molar-refractivity contribution is 0.0693. The summed E-state index contributed by atoms with van der Waals surface area (Å²) >= 11 is 0. The number of aromatic carboxylic acids is 1. The Morgan fingerprint density at radius 3 is 2.43 bits per heavy atom. The molecule has 0 amide bonds. The van der Waals surface area contributed by atoms with E-state index in [4.69, 9.17) is 9.47 Å². The molecule has 0 heterocycles. The molecule has 108 valence electrons. The first-order valence-electron chi connectivity index (χ1n) is 6.72. The molecule has 0 saturated heterocycles. The summed E-state index contributed by atoms with van der Waals surface area (Å²) in [5, 5.41) is 9.29. The zero-order valence-electron chi connectivity index (χ0n) is 12.0. The van der Waals surface area contributed by atoms with Crippen LogP contribution in [0.25, 0.3) is 0 Å². The minimum absolute atomic E-state index is 0.203. The predicted molar refractivity (Wildman–Crippen MR) is 78.6 cm³/mol. The van der Waals surface area contributed by atoms with Crippen LogP contribution in [0.2, 0.25) is 0 Å². The smallest absolute Gasteiger partial charge is 0.339 e. The summed E-state index contributed by atoms with van der Waals surface area (Å²) in [6, 6.07) is 9.48. The molecule has 0 atom stereocenters. The molecule has 0 fully saturated rings. The fourth-order valence-corrected chi connectivity index (χ4v) is 2.98. The quantitative estimate of drug-likeness (QED) is 0.803. The van der Waals surface area contributed by atoms with E-state index < -0.39 is 5.97 Å². The normalized spacial score (nSPS) is 12.3. The van der Waals surface area contributed by atoms with Crippen LogP contribution in [0.15, 0.2) is 30.3 Å². The Morgan fingerprint density at radius 1 is 1.00 bits per heavy atom. The van der Waals surface area contributed by atoms with E-state index in [0.717, 1.165) is 28.9 Å². The zero-order chi connectivity index (χ0) is 15.0. The molecule has 1 aliphatic carbocycles. The lowest BCUT2D eigenvalue weighted by atomic mass is 9.84. The lowest BCUT2D eigenvalue weighted by Gasteiger charge is -2.24. The second-order valence-corrected chi connectivity index (χ2v) is 5.04. The molecular weight excluding hydrogens is 268 g/mol. The average molecular weight is 284 g/mol. The standard InChI is InChI=1S/C17H16O4/c1-20-15-5-3-4-10-8-11-6-7-12(17(18)19)16(21-2)14(11)9-13(10)15/h3-7H,8-9H2,1-2H3,(H,18,19). The number of fused-ring (bicyclic) bond motifs is 2. The van der Waals surface area contributed by atoms with Crippen LogP contribution < -0.4 is 9.47 Å². The van der Waals surface area contributed by atoms with Crippen LogP contribution in [0.4, 0.5) is 0 Å². The number of methoxy groups -OCH3 is 2. The highest BCUT2D eigenvalue weighted by atomic mass is 16.5. The molecule has 0 radical (unpaired) electrons. The molecule has 1 aliphatic rings. The molecule has 21 heavy (non-hydrogen) atoms. The third-order valence-corrected chi connectivity index (χ3v) is 3.98. The highest BCUT2D eigenvalue weighted by Gasteiger charge is 2.25. The second kappa shape index (κ2) is 5.13. The Kier molecular flexibility index (Phi) is 3.29. The number of hydrogen-bond acceptors (Lipinski definition) is 3. The molecule has 4 nitrogen and oxygen atoms in total. The summed E-state index contributed by atoms with van der Waals surface area (Å²) in [4.78, 5) is 11.3. The number of hydrogen-bond donors (Lipinski definition) is 1. The number of carboxylic acid groups (broad SMARTS) is 1. The zero-order valence-corrected chi connectivity index (χ0v) is 12.0. The van der Waals surface area contributed by atoms with E-state index in [-0.39, 0.29) is 5.56 Å². The van der Waals surface area contributed by atoms with Crippen LogP contribution in [0.5, 0.6) is 11.5 Å². The molecule has 0 saturated carbocycles. The molecular formula is C17H16O4. The first kappa shape index (κ1) is 13.5. The molecule has 3 rings (SSSR count). The van der Waals surface area contributed by atoms with E-state index in [9.17, 15) is 9.90 Å². The van der Waals surface area contributed by atoms with Crippen molar-refractivity contribution >= 4 is 5.97 Å². The van der Waals surface area contributed by atoms with E-state index in [0.29, 0.717) is 12.2 Å². The molecule has 0 aliphatic heterocycles. The molecule has 4 heteroatoms. The van der Waals surface area contributed by atoms with Gasteiger partial charge in [-0.1, -0.05) is 18.2 Å². The SMILES string of the molecule is COc1cccc2c1Cc1c(ccc(C(=O)O)c1OC)C2. The van der Waals surface area contributed by atoms with E-state index in [2.05, 4.69) is 6.07 Å². The van der Waals surface area contributed by atoms with Gasteiger partial charge < -0.3 is 14.6 Å². The number of ether oxygens (including phenoxy) is 2. The van der Waals surface area contributed by atoms with Crippen molar-refractivity contribution in [3.63, 3.8) is 0 Å². The third-order valence-electron chi connectivity index (χ3n) is 3.98. The van der Waals surface area contributed by atoms with Crippen molar-refractivity contribution in [3.05, 3.63) is 58.1 Å². The second-order valence-electron chi connectivity index (χ2n) is 5.04. The number of carboxylic acids is 1. The number of rotatable bonds is 3. The maximum atomic E-state index is 11.3. The first-order chi connectivity index (χ1) is 10.2. The van der Waals surface area contributed by atoms with Gasteiger partial charge in [-0.15, -0.1) is 0 Å². The first-order valence-corrected chi connectivity index (χ1v) is 6.72. The van der Waals surface area contributed by atoms with Crippen LogP contribution >= 0.6 is 0 Å². The maximum Gasteiger partial charge on any atom is 0.339 e. The molecule has 0 unspecified atom stereocenters. The lowest BCUT2D eigenvalue weighted by Crippen LogP contribution is -2.13. The fourth-order valence-electron chi connectivity index (χ4n) is 2.98. The van der Waals surface area contributed by atoms with Gasteiger partial charge in [0.25, 0.3) is 0 Å². The molecule has 0 bridgehead atoms. The predicted octanol–water partition coefficient (Wildman–Crippen LogP) is 2.90. The van der Waals surface area contributed by atoms with Crippen LogP contribution in [0.1, 0.15) is 32.6 Å². The molecule has 1 N–H and O–H groups in total. The van der Waals surface area contributed by atoms with E-state index >= 15 is 0 Å². The third kappa shape index (κ3) is 2.13. The van der Waals surface area contributed by atoms with Crippen molar-refractivity contribution < 1.29 is 19.4 Å². The van der Waals surface area contributed by atoms with Gasteiger partial charge in [-0.2, -0.15) is 0 Å². The number of carbonyl (C=O) groups is 1. The largest absolute Gasteiger partial charge is 0.496 e. The Labute approximate surface area is 122 Å². The van der Waals surface area contributed by atoms with Crippen molar-refractivity contribution in [2.45, 2.75) is 12.8 Å². The maximum absolute atomic E-state index is 11.3. The highest BCUT2D eigenvalue weighted by Crippen LogP contribution is 2.38. The van der Waals surface area contributed by atoms with E-state index in [1.165, 1.54) is 12.7 Å². The van der Waals surface area contributed by atoms with Gasteiger partial charge in [0.2, 0.25) is 0 Å². The van der Waals surface area contributed by atoms with Crippen LogP contribution in [0.3, 0.4) is 0 Å². The molecule has 0 aromatic heterocycles. The van der Waals surface area contributed by atoms with Crippen molar-refractivity contribution in [1.29, 1.82) is 0 Å². The van der Waals surface area contributed by atoms with Gasteiger partial charge in [-0.25, -0.2) is 4.79 Å². The van der Waals surface area contributed by atoms with E-state index in [1.807, 2.05) is 18.2 Å². The van der Waals surface area contributed by atoms with Gasteiger partial charge in [-0.3, -0.25) is 0 Å². The Bertz CT molecular complexity index is 719. The monoisotopic (exact) mass is 284 g/mol. The van der Waals surface area contributed by atoms with Crippen molar-refractivity contribution in [3.8, 4) is 11.5 Å². The van der Waals surface area contributed by atoms with E-state index in [1.54, 1.807) is 13.2 Å². The van der Waals surface area contributed by atoms with Gasteiger partial charge in [-0.05, 0) is 29.7 Å². The minimum atomic E-state index is -0.972. The Balaban J connectivity index is 2.16. The summed E-state index contributed by atoms with van der Waals surface area (Å²) in [5.41, 5.74) is 4.57. The molecule has 0 spiro atoms. The Hall–Kier alpha value is -2.49. The van der Waals surface area contributed by atoms with Gasteiger partial charge in [0.15, 0.2) is 0 Å². The number of benzene rings is 2. The van der Waals surface area contributed by atoms with Gasteiger partial charge >= 0.3 is 5.97 Å². The summed E-state index contributed by atoms with van der Waals surface area (Å²) in [6.07, 6.45) is 1.39. The van der Waals surface area contributed by atoms with Gasteiger partial charge in [0.1, 0.15) is 17.1 Å². The van der Waals surface area contributed by atoms with Crippen LogP contribution in [0, 0.1) is 0 Å².